The Labute approximate surface area is 134 Å². The van der Waals surface area contributed by atoms with Crippen molar-refractivity contribution >= 4 is 52.2 Å². The number of halogens is 2. The first-order valence-corrected chi connectivity index (χ1v) is 8.28. The zero-order valence-electron chi connectivity index (χ0n) is 11.9. The third-order valence-electron chi connectivity index (χ3n) is 2.74. The number of hydrogen-bond acceptors (Lipinski definition) is 3. The topological polar surface area (TPSA) is 55.1 Å². The quantitative estimate of drug-likeness (QED) is 0.742. The Morgan fingerprint density at radius 1 is 1.30 bits per heavy atom. The fourth-order valence-electron chi connectivity index (χ4n) is 1.49. The van der Waals surface area contributed by atoms with Crippen molar-refractivity contribution in [2.24, 2.45) is 5.92 Å². The molecular weight excluding hydrogens is 315 g/mol. The fraction of sp³-hybridized carbons (Fsp3) is 0.500. The number of anilines is 2. The van der Waals surface area contributed by atoms with Crippen LogP contribution in [0, 0.1) is 5.92 Å². The van der Waals surface area contributed by atoms with Crippen LogP contribution in [0.15, 0.2) is 12.1 Å². The number of carbonyl (C=O) groups is 1. The number of carbonyl (C=O) groups excluding carboxylic acids is 1. The predicted molar refractivity (Wildman–Crippen MR) is 90.9 cm³/mol. The molecule has 3 nitrogen and oxygen atoms in total. The van der Waals surface area contributed by atoms with Crippen molar-refractivity contribution in [2.75, 3.05) is 16.8 Å². The summed E-state index contributed by atoms with van der Waals surface area (Å²) in [5.74, 6) is 1.49. The van der Waals surface area contributed by atoms with Gasteiger partial charge in [0.15, 0.2) is 0 Å². The molecule has 1 atom stereocenters. The van der Waals surface area contributed by atoms with Crippen LogP contribution in [0.3, 0.4) is 0 Å². The van der Waals surface area contributed by atoms with Gasteiger partial charge in [-0.05, 0) is 37.1 Å². The largest absolute Gasteiger partial charge is 0.399 e. The highest BCUT2D eigenvalue weighted by Crippen LogP contribution is 2.33. The van der Waals surface area contributed by atoms with Gasteiger partial charge in [-0.25, -0.2) is 0 Å². The van der Waals surface area contributed by atoms with E-state index in [2.05, 4.69) is 19.2 Å². The Morgan fingerprint density at radius 3 is 2.35 bits per heavy atom. The summed E-state index contributed by atoms with van der Waals surface area (Å²) >= 11 is 13.7. The van der Waals surface area contributed by atoms with Crippen LogP contribution in [-0.2, 0) is 4.79 Å². The summed E-state index contributed by atoms with van der Waals surface area (Å²) in [6.07, 6.45) is 1.09. The number of nitrogens with one attached hydrogen (secondary N) is 1. The Hall–Kier alpha value is -0.580. The van der Waals surface area contributed by atoms with Crippen molar-refractivity contribution < 1.29 is 4.79 Å². The lowest BCUT2D eigenvalue weighted by Crippen LogP contribution is -2.23. The van der Waals surface area contributed by atoms with Crippen LogP contribution in [0.1, 0.15) is 27.2 Å². The fourth-order valence-corrected chi connectivity index (χ4v) is 3.26. The van der Waals surface area contributed by atoms with Gasteiger partial charge in [0, 0.05) is 5.69 Å². The minimum Gasteiger partial charge on any atom is -0.399 e. The molecule has 1 aromatic carbocycles. The number of rotatable bonds is 6. The Kier molecular flexibility index (Phi) is 7.00. The van der Waals surface area contributed by atoms with Crippen LogP contribution in [0.2, 0.25) is 10.0 Å². The first kappa shape index (κ1) is 17.5. The summed E-state index contributed by atoms with van der Waals surface area (Å²) in [7, 11) is 0. The van der Waals surface area contributed by atoms with Crippen LogP contribution >= 0.6 is 35.0 Å². The number of amides is 1. The number of thioether (sulfide) groups is 1. The number of nitrogens with two attached hydrogens (primary N) is 1. The molecule has 1 unspecified atom stereocenters. The molecule has 112 valence electrons. The molecule has 3 N–H and O–H groups in total. The average Bonchev–Trinajstić information content (AvgIpc) is 2.32. The molecule has 0 bridgehead atoms. The van der Waals surface area contributed by atoms with E-state index in [0.29, 0.717) is 27.3 Å². The van der Waals surface area contributed by atoms with E-state index in [9.17, 15) is 4.79 Å². The molecule has 20 heavy (non-hydrogen) atoms. The van der Waals surface area contributed by atoms with E-state index in [1.54, 1.807) is 23.9 Å². The Balaban J connectivity index is 2.62. The van der Waals surface area contributed by atoms with E-state index >= 15 is 0 Å². The lowest BCUT2D eigenvalue weighted by atomic mass is 10.2. The van der Waals surface area contributed by atoms with Gasteiger partial charge in [-0.1, -0.05) is 37.0 Å². The summed E-state index contributed by atoms with van der Waals surface area (Å²) in [5.41, 5.74) is 6.52. The monoisotopic (exact) mass is 334 g/mol. The van der Waals surface area contributed by atoms with Crippen molar-refractivity contribution in [1.82, 2.24) is 0 Å². The molecule has 1 rings (SSSR count). The first-order chi connectivity index (χ1) is 9.31. The third kappa shape index (κ3) is 5.43. The first-order valence-electron chi connectivity index (χ1n) is 6.48. The van der Waals surface area contributed by atoms with Gasteiger partial charge in [-0.15, -0.1) is 11.8 Å². The lowest BCUT2D eigenvalue weighted by molar-refractivity contribution is -0.115. The van der Waals surface area contributed by atoms with E-state index < -0.39 is 0 Å². The molecule has 6 heteroatoms. The van der Waals surface area contributed by atoms with Crippen molar-refractivity contribution in [3.63, 3.8) is 0 Å². The van der Waals surface area contributed by atoms with Gasteiger partial charge in [-0.2, -0.15) is 0 Å². The maximum atomic E-state index is 12.1. The highest BCUT2D eigenvalue weighted by atomic mass is 35.5. The smallest absolute Gasteiger partial charge is 0.237 e. The van der Waals surface area contributed by atoms with E-state index in [1.165, 1.54) is 0 Å². The number of benzene rings is 1. The van der Waals surface area contributed by atoms with Gasteiger partial charge in [-0.3, -0.25) is 4.79 Å². The van der Waals surface area contributed by atoms with E-state index in [-0.39, 0.29) is 11.2 Å². The van der Waals surface area contributed by atoms with Gasteiger partial charge >= 0.3 is 0 Å². The molecule has 0 aliphatic heterocycles. The van der Waals surface area contributed by atoms with Crippen LogP contribution in [0.25, 0.3) is 0 Å². The van der Waals surface area contributed by atoms with Crippen LogP contribution < -0.4 is 11.1 Å². The number of nitrogen functional groups attached to an aromatic ring is 1. The second-order valence-corrected chi connectivity index (χ2v) is 7.31. The molecule has 0 spiro atoms. The molecular formula is C14H20Cl2N2OS. The normalized spacial score (nSPS) is 12.5. The molecule has 1 aromatic rings. The summed E-state index contributed by atoms with van der Waals surface area (Å²) < 4.78 is 0. The molecule has 0 aliphatic rings. The zero-order chi connectivity index (χ0) is 15.3. The molecule has 0 saturated carbocycles. The van der Waals surface area contributed by atoms with Gasteiger partial charge in [0.1, 0.15) is 0 Å². The molecule has 0 aromatic heterocycles. The Bertz CT molecular complexity index is 457. The molecule has 0 radical (unpaired) electrons. The Morgan fingerprint density at radius 2 is 1.85 bits per heavy atom. The number of hydrogen-bond donors (Lipinski definition) is 2. The minimum absolute atomic E-state index is 0.104. The average molecular weight is 335 g/mol. The van der Waals surface area contributed by atoms with Gasteiger partial charge in [0.25, 0.3) is 0 Å². The standard InChI is InChI=1S/C14H20Cl2N2OS/c1-8(2)4-5-20-9(3)14(19)18-13-11(15)6-10(17)7-12(13)16/h6-9H,4-5,17H2,1-3H3,(H,18,19). The van der Waals surface area contributed by atoms with Gasteiger partial charge in [0.05, 0.1) is 21.0 Å². The second-order valence-electron chi connectivity index (χ2n) is 5.04. The summed E-state index contributed by atoms with van der Waals surface area (Å²) in [6, 6.07) is 3.14. The molecule has 0 fully saturated rings. The third-order valence-corrected chi connectivity index (χ3v) is 4.53. The molecule has 0 saturated heterocycles. The zero-order valence-corrected chi connectivity index (χ0v) is 14.2. The second kappa shape index (κ2) is 8.01. The van der Waals surface area contributed by atoms with Crippen molar-refractivity contribution in [3.8, 4) is 0 Å². The van der Waals surface area contributed by atoms with Crippen LogP contribution in [0.5, 0.6) is 0 Å². The van der Waals surface area contributed by atoms with Crippen molar-refractivity contribution in [3.05, 3.63) is 22.2 Å². The molecule has 0 aliphatic carbocycles. The molecule has 1 amide bonds. The summed E-state index contributed by atoms with van der Waals surface area (Å²) in [4.78, 5) is 12.1. The molecule has 0 heterocycles. The maximum Gasteiger partial charge on any atom is 0.237 e. The van der Waals surface area contributed by atoms with Crippen molar-refractivity contribution in [1.29, 1.82) is 0 Å². The highest BCUT2D eigenvalue weighted by molar-refractivity contribution is 8.00. The van der Waals surface area contributed by atoms with Crippen LogP contribution in [0.4, 0.5) is 11.4 Å². The minimum atomic E-state index is -0.154. The van der Waals surface area contributed by atoms with E-state index in [4.69, 9.17) is 28.9 Å². The van der Waals surface area contributed by atoms with Crippen LogP contribution in [-0.4, -0.2) is 16.9 Å². The van der Waals surface area contributed by atoms with Crippen molar-refractivity contribution in [2.45, 2.75) is 32.4 Å². The highest BCUT2D eigenvalue weighted by Gasteiger charge is 2.17. The maximum absolute atomic E-state index is 12.1. The summed E-state index contributed by atoms with van der Waals surface area (Å²) in [6.45, 7) is 6.21. The van der Waals surface area contributed by atoms with Gasteiger partial charge < -0.3 is 11.1 Å². The SMILES string of the molecule is CC(C)CCSC(C)C(=O)Nc1c(Cl)cc(N)cc1Cl. The van der Waals surface area contributed by atoms with E-state index in [0.717, 1.165) is 12.2 Å². The lowest BCUT2D eigenvalue weighted by Gasteiger charge is -2.15. The summed E-state index contributed by atoms with van der Waals surface area (Å²) in [5, 5.41) is 3.31. The van der Waals surface area contributed by atoms with Gasteiger partial charge in [0.2, 0.25) is 5.91 Å². The van der Waals surface area contributed by atoms with E-state index in [1.807, 2.05) is 6.92 Å². The predicted octanol–water partition coefficient (Wildman–Crippen LogP) is 4.68.